The first kappa shape index (κ1) is 36.8. The van der Waals surface area contributed by atoms with Crippen molar-refractivity contribution in [1.82, 2.24) is 29.2 Å². The summed E-state index contributed by atoms with van der Waals surface area (Å²) in [5, 5.41) is 12.9. The Bertz CT molecular complexity index is 1920. The molecule has 4 rings (SSSR count). The molecule has 50 heavy (non-hydrogen) atoms. The molecule has 0 atom stereocenters. The summed E-state index contributed by atoms with van der Waals surface area (Å²) in [5.41, 5.74) is 1.62. The van der Waals surface area contributed by atoms with E-state index in [0.29, 0.717) is 23.6 Å². The molecular formula is C34H40FN9O6. The Morgan fingerprint density at radius 1 is 0.700 bits per heavy atom. The van der Waals surface area contributed by atoms with Crippen LogP contribution in [0.15, 0.2) is 61.1 Å². The summed E-state index contributed by atoms with van der Waals surface area (Å²) in [5.74, 6) is -3.25. The first-order valence-corrected chi connectivity index (χ1v) is 15.6. The van der Waals surface area contributed by atoms with Crippen LogP contribution >= 0.6 is 0 Å². The predicted octanol–water partition coefficient (Wildman–Crippen LogP) is 3.34. The van der Waals surface area contributed by atoms with Gasteiger partial charge in [-0.25, -0.2) is 9.18 Å². The van der Waals surface area contributed by atoms with Gasteiger partial charge in [0.05, 0.1) is 22.6 Å². The van der Waals surface area contributed by atoms with E-state index in [1.807, 2.05) is 19.0 Å². The van der Waals surface area contributed by atoms with Crippen LogP contribution in [0.25, 0.3) is 0 Å². The molecule has 0 saturated carbocycles. The van der Waals surface area contributed by atoms with Crippen molar-refractivity contribution < 1.29 is 33.2 Å². The first-order chi connectivity index (χ1) is 23.7. The van der Waals surface area contributed by atoms with Gasteiger partial charge in [0, 0.05) is 59.1 Å². The number of hydrogen-bond acceptors (Lipinski definition) is 7. The maximum absolute atomic E-state index is 13.8. The molecule has 6 amide bonds. The number of halogens is 1. The number of imide groups is 1. The number of Topliss-reactive ketones (excluding diaryl/α,β-unsaturated/α-hetero) is 1. The molecule has 0 spiro atoms. The highest BCUT2D eigenvalue weighted by atomic mass is 19.1. The van der Waals surface area contributed by atoms with Crippen molar-refractivity contribution in [2.24, 2.45) is 21.1 Å². The fourth-order valence-corrected chi connectivity index (χ4v) is 5.05. The molecule has 264 valence electrons. The lowest BCUT2D eigenvalue weighted by Crippen LogP contribution is -2.34. The van der Waals surface area contributed by atoms with Crippen molar-refractivity contribution in [1.29, 1.82) is 0 Å². The highest BCUT2D eigenvalue weighted by Crippen LogP contribution is 2.20. The molecule has 0 aliphatic rings. The lowest BCUT2D eigenvalue weighted by Gasteiger charge is -2.10. The number of anilines is 3. The van der Waals surface area contributed by atoms with Gasteiger partial charge >= 0.3 is 6.03 Å². The van der Waals surface area contributed by atoms with E-state index in [4.69, 9.17) is 0 Å². The minimum absolute atomic E-state index is 0.135. The minimum atomic E-state index is -0.879. The Morgan fingerprint density at radius 2 is 1.20 bits per heavy atom. The largest absolute Gasteiger partial charge is 0.351 e. The molecule has 4 aromatic rings. The van der Waals surface area contributed by atoms with E-state index in [1.54, 1.807) is 44.2 Å². The SMILES string of the molecule is CN(C)CCCNC(=O)c1cc(NC(=O)c2cc(NC(=O)c3cc(NC(=O)NC(=O)CCC(=O)c4ccccc4F)cn3C)cn2C)cn1C. The summed E-state index contributed by atoms with van der Waals surface area (Å²) in [6.07, 6.45) is 4.83. The summed E-state index contributed by atoms with van der Waals surface area (Å²) in [7, 11) is 8.85. The number of carbonyl (C=O) groups excluding carboxylic acids is 6. The molecule has 1 aromatic carbocycles. The van der Waals surface area contributed by atoms with Crippen molar-refractivity contribution in [3.63, 3.8) is 0 Å². The van der Waals surface area contributed by atoms with E-state index in [0.717, 1.165) is 19.0 Å². The molecular weight excluding hydrogens is 649 g/mol. The van der Waals surface area contributed by atoms with Crippen LogP contribution in [0.1, 0.15) is 61.1 Å². The van der Waals surface area contributed by atoms with E-state index in [-0.39, 0.29) is 41.4 Å². The van der Waals surface area contributed by atoms with Gasteiger partial charge in [0.1, 0.15) is 22.9 Å². The number of aryl methyl sites for hydroxylation is 3. The summed E-state index contributed by atoms with van der Waals surface area (Å²) in [6.45, 7) is 1.36. The van der Waals surface area contributed by atoms with Crippen LogP contribution in [0.4, 0.5) is 26.2 Å². The van der Waals surface area contributed by atoms with Gasteiger partial charge in [0.15, 0.2) is 5.78 Å². The van der Waals surface area contributed by atoms with Crippen LogP contribution < -0.4 is 26.6 Å². The maximum atomic E-state index is 13.8. The second-order valence-electron chi connectivity index (χ2n) is 11.9. The van der Waals surface area contributed by atoms with Crippen LogP contribution in [0, 0.1) is 5.82 Å². The highest BCUT2D eigenvalue weighted by molar-refractivity contribution is 6.08. The van der Waals surface area contributed by atoms with Crippen LogP contribution in [-0.4, -0.2) is 81.2 Å². The molecule has 16 heteroatoms. The normalized spacial score (nSPS) is 10.9. The summed E-state index contributed by atoms with van der Waals surface area (Å²) >= 11 is 0. The topological polar surface area (TPSA) is 181 Å². The van der Waals surface area contributed by atoms with Gasteiger partial charge in [0.2, 0.25) is 5.91 Å². The Labute approximate surface area is 287 Å². The molecule has 0 aliphatic carbocycles. The van der Waals surface area contributed by atoms with Crippen molar-refractivity contribution in [3.05, 3.63) is 89.5 Å². The molecule has 0 aliphatic heterocycles. The van der Waals surface area contributed by atoms with Crippen LogP contribution in [-0.2, 0) is 25.9 Å². The van der Waals surface area contributed by atoms with E-state index >= 15 is 0 Å². The Kier molecular flexibility index (Phi) is 12.1. The van der Waals surface area contributed by atoms with E-state index in [1.165, 1.54) is 45.7 Å². The Hall–Kier alpha value is -6.03. The van der Waals surface area contributed by atoms with E-state index in [2.05, 4.69) is 26.6 Å². The number of ketones is 1. The zero-order chi connectivity index (χ0) is 36.5. The number of amides is 6. The third-order valence-corrected chi connectivity index (χ3v) is 7.56. The monoisotopic (exact) mass is 689 g/mol. The number of urea groups is 1. The van der Waals surface area contributed by atoms with Crippen molar-refractivity contribution in [3.8, 4) is 0 Å². The Morgan fingerprint density at radius 3 is 1.72 bits per heavy atom. The van der Waals surface area contributed by atoms with Gasteiger partial charge in [-0.2, -0.15) is 0 Å². The summed E-state index contributed by atoms with van der Waals surface area (Å²) in [4.78, 5) is 77.6. The lowest BCUT2D eigenvalue weighted by atomic mass is 10.1. The van der Waals surface area contributed by atoms with E-state index < -0.39 is 35.4 Å². The molecule has 5 N–H and O–H groups in total. The second kappa shape index (κ2) is 16.4. The third-order valence-electron chi connectivity index (χ3n) is 7.56. The average molecular weight is 690 g/mol. The molecule has 0 fully saturated rings. The van der Waals surface area contributed by atoms with Crippen molar-refractivity contribution in [2.45, 2.75) is 19.3 Å². The molecule has 0 bridgehead atoms. The fourth-order valence-electron chi connectivity index (χ4n) is 5.05. The zero-order valence-corrected chi connectivity index (χ0v) is 28.4. The van der Waals surface area contributed by atoms with Crippen LogP contribution in [0.5, 0.6) is 0 Å². The first-order valence-electron chi connectivity index (χ1n) is 15.6. The number of hydrogen-bond donors (Lipinski definition) is 5. The minimum Gasteiger partial charge on any atom is -0.351 e. The van der Waals surface area contributed by atoms with Gasteiger partial charge in [-0.3, -0.25) is 29.3 Å². The van der Waals surface area contributed by atoms with Gasteiger partial charge in [0.25, 0.3) is 17.7 Å². The average Bonchev–Trinajstić information content (AvgIpc) is 3.72. The van der Waals surface area contributed by atoms with Gasteiger partial charge < -0.3 is 39.9 Å². The predicted molar refractivity (Wildman–Crippen MR) is 185 cm³/mol. The number of aromatic nitrogens is 3. The summed E-state index contributed by atoms with van der Waals surface area (Å²) < 4.78 is 18.4. The third kappa shape index (κ3) is 9.76. The highest BCUT2D eigenvalue weighted by Gasteiger charge is 2.20. The smallest absolute Gasteiger partial charge is 0.325 e. The molecule has 15 nitrogen and oxygen atoms in total. The van der Waals surface area contributed by atoms with Crippen LogP contribution in [0.2, 0.25) is 0 Å². The lowest BCUT2D eigenvalue weighted by molar-refractivity contribution is -0.119. The van der Waals surface area contributed by atoms with Crippen molar-refractivity contribution >= 4 is 52.5 Å². The van der Waals surface area contributed by atoms with Crippen LogP contribution in [0.3, 0.4) is 0 Å². The maximum Gasteiger partial charge on any atom is 0.325 e. The number of nitrogens with zero attached hydrogens (tertiary/aromatic N) is 4. The Balaban J connectivity index is 1.29. The molecule has 3 aromatic heterocycles. The number of rotatable bonds is 14. The molecule has 0 unspecified atom stereocenters. The number of nitrogens with one attached hydrogen (secondary N) is 5. The number of benzene rings is 1. The summed E-state index contributed by atoms with van der Waals surface area (Å²) in [6, 6.07) is 9.01. The number of carbonyl (C=O) groups is 6. The standard InChI is InChI=1S/C34H40FN9O6/c1-41(2)14-8-13-36-31(47)26-15-21(18-42(26)3)37-32(48)27-16-22(19-43(27)4)38-33(49)28-17-23(20-44(28)5)39-34(50)40-30(46)12-11-29(45)24-9-6-7-10-25(24)35/h6-7,9-10,15-20H,8,11-14H2,1-5H3,(H,36,47)(H,37,48)(H,38,49)(H2,39,40,46,50). The van der Waals surface area contributed by atoms with Gasteiger partial charge in [-0.05, 0) is 57.4 Å². The zero-order valence-electron chi connectivity index (χ0n) is 28.4. The second-order valence-corrected chi connectivity index (χ2v) is 11.9. The van der Waals surface area contributed by atoms with E-state index in [9.17, 15) is 33.2 Å². The molecule has 0 saturated heterocycles. The quantitative estimate of drug-likeness (QED) is 0.0995. The van der Waals surface area contributed by atoms with Gasteiger partial charge in [-0.1, -0.05) is 12.1 Å². The molecule has 3 heterocycles. The van der Waals surface area contributed by atoms with Crippen molar-refractivity contribution in [2.75, 3.05) is 43.1 Å². The fraction of sp³-hybridized carbons (Fsp3) is 0.294. The van der Waals surface area contributed by atoms with Gasteiger partial charge in [-0.15, -0.1) is 0 Å². The molecule has 0 radical (unpaired) electrons.